The molecule has 2 aromatic carbocycles. The van der Waals surface area contributed by atoms with Crippen molar-refractivity contribution in [1.82, 2.24) is 0 Å². The van der Waals surface area contributed by atoms with E-state index in [2.05, 4.69) is 0 Å². The van der Waals surface area contributed by atoms with E-state index in [4.69, 9.17) is 10.2 Å². The van der Waals surface area contributed by atoms with Crippen molar-refractivity contribution in [2.24, 2.45) is 5.73 Å². The number of anilines is 1. The maximum absolute atomic E-state index is 13.0. The van der Waals surface area contributed by atoms with Gasteiger partial charge in [-0.25, -0.2) is 4.79 Å². The van der Waals surface area contributed by atoms with Crippen molar-refractivity contribution < 1.29 is 14.0 Å². The van der Waals surface area contributed by atoms with E-state index < -0.39 is 23.5 Å². The minimum Gasteiger partial charge on any atom is -0.417 e. The van der Waals surface area contributed by atoms with Crippen LogP contribution in [-0.4, -0.2) is 17.9 Å². The molecule has 6 nitrogen and oxygen atoms in total. The molecule has 1 atom stereocenters. The van der Waals surface area contributed by atoms with Crippen LogP contribution in [-0.2, 0) is 11.2 Å². The fourth-order valence-corrected chi connectivity index (χ4v) is 3.22. The molecule has 4 rings (SSSR count). The number of para-hydroxylation sites is 1. The van der Waals surface area contributed by atoms with Gasteiger partial charge in [0.25, 0.3) is 5.91 Å². The number of hydrogen-bond acceptors (Lipinski definition) is 4. The molecule has 0 saturated heterocycles. The summed E-state index contributed by atoms with van der Waals surface area (Å²) in [4.78, 5) is 38.3. The zero-order valence-corrected chi connectivity index (χ0v) is 13.1. The lowest BCUT2D eigenvalue weighted by atomic mass is 10.1. The standard InChI is InChI=1S/C19H14N2O4/c20-17(22)15-9-12-6-2-4-8-14(12)21(15)18(23)16-10-11-5-1-3-7-13(11)19(24)25-16/h1-8,10,15H,9H2,(H2,20,22)/t15-/m0/s1. The third-order valence-corrected chi connectivity index (χ3v) is 4.40. The molecular formula is C19H14N2O4. The van der Waals surface area contributed by atoms with Gasteiger partial charge in [0.05, 0.1) is 5.39 Å². The summed E-state index contributed by atoms with van der Waals surface area (Å²) in [5, 5.41) is 0.998. The quantitative estimate of drug-likeness (QED) is 0.774. The second-order valence-electron chi connectivity index (χ2n) is 5.91. The van der Waals surface area contributed by atoms with Crippen LogP contribution in [0.2, 0.25) is 0 Å². The summed E-state index contributed by atoms with van der Waals surface area (Å²) in [5.74, 6) is -1.28. The normalized spacial score (nSPS) is 16.0. The molecule has 1 aliphatic heterocycles. The van der Waals surface area contributed by atoms with Crippen LogP contribution in [0, 0.1) is 0 Å². The van der Waals surface area contributed by atoms with E-state index in [9.17, 15) is 14.4 Å². The predicted molar refractivity (Wildman–Crippen MR) is 92.4 cm³/mol. The Kier molecular flexibility index (Phi) is 3.39. The Bertz CT molecular complexity index is 1070. The van der Waals surface area contributed by atoms with E-state index in [1.807, 2.05) is 12.1 Å². The molecule has 2 N–H and O–H groups in total. The third-order valence-electron chi connectivity index (χ3n) is 4.40. The number of rotatable bonds is 2. The molecule has 0 spiro atoms. The topological polar surface area (TPSA) is 93.6 Å². The molecule has 124 valence electrons. The molecule has 25 heavy (non-hydrogen) atoms. The molecule has 0 saturated carbocycles. The van der Waals surface area contributed by atoms with Gasteiger partial charge in [-0.3, -0.25) is 14.5 Å². The van der Waals surface area contributed by atoms with E-state index in [1.165, 1.54) is 11.0 Å². The molecule has 0 radical (unpaired) electrons. The summed E-state index contributed by atoms with van der Waals surface area (Å²) in [7, 11) is 0. The van der Waals surface area contributed by atoms with Crippen molar-refractivity contribution in [1.29, 1.82) is 0 Å². The second kappa shape index (κ2) is 5.59. The average Bonchev–Trinajstić information content (AvgIpc) is 3.01. The monoisotopic (exact) mass is 334 g/mol. The average molecular weight is 334 g/mol. The van der Waals surface area contributed by atoms with Crippen LogP contribution < -0.4 is 16.3 Å². The zero-order valence-electron chi connectivity index (χ0n) is 13.1. The van der Waals surface area contributed by atoms with Gasteiger partial charge >= 0.3 is 5.63 Å². The van der Waals surface area contributed by atoms with E-state index in [0.717, 1.165) is 5.56 Å². The Balaban J connectivity index is 1.84. The lowest BCUT2D eigenvalue weighted by molar-refractivity contribution is -0.119. The number of amides is 2. The van der Waals surface area contributed by atoms with Gasteiger partial charge in [-0.1, -0.05) is 36.4 Å². The van der Waals surface area contributed by atoms with Crippen LogP contribution in [0.25, 0.3) is 10.8 Å². The molecular weight excluding hydrogens is 320 g/mol. The first-order chi connectivity index (χ1) is 12.1. The smallest absolute Gasteiger partial charge is 0.344 e. The molecule has 2 amide bonds. The Hall–Kier alpha value is -3.41. The maximum Gasteiger partial charge on any atom is 0.344 e. The van der Waals surface area contributed by atoms with Gasteiger partial charge in [0.2, 0.25) is 5.91 Å². The van der Waals surface area contributed by atoms with Gasteiger partial charge in [-0.2, -0.15) is 0 Å². The minimum absolute atomic E-state index is 0.119. The number of benzene rings is 2. The molecule has 0 unspecified atom stereocenters. The van der Waals surface area contributed by atoms with Gasteiger partial charge in [-0.05, 0) is 29.1 Å². The molecule has 1 aliphatic rings. The molecule has 0 fully saturated rings. The summed E-state index contributed by atoms with van der Waals surface area (Å²) in [6.07, 6.45) is 0.342. The Morgan fingerprint density at radius 1 is 1.08 bits per heavy atom. The first-order valence-electron chi connectivity index (χ1n) is 7.80. The highest BCUT2D eigenvalue weighted by molar-refractivity contribution is 6.11. The van der Waals surface area contributed by atoms with Crippen molar-refractivity contribution in [2.75, 3.05) is 4.90 Å². The number of nitrogens with zero attached hydrogens (tertiary/aromatic N) is 1. The van der Waals surface area contributed by atoms with Gasteiger partial charge < -0.3 is 10.2 Å². The second-order valence-corrected chi connectivity index (χ2v) is 5.91. The lowest BCUT2D eigenvalue weighted by Crippen LogP contribution is -2.46. The molecule has 6 heteroatoms. The summed E-state index contributed by atoms with van der Waals surface area (Å²) in [5.41, 5.74) is 6.34. The summed E-state index contributed by atoms with van der Waals surface area (Å²) in [6, 6.07) is 14.8. The Morgan fingerprint density at radius 3 is 2.60 bits per heavy atom. The van der Waals surface area contributed by atoms with Gasteiger partial charge in [-0.15, -0.1) is 0 Å². The van der Waals surface area contributed by atoms with E-state index in [1.54, 1.807) is 36.4 Å². The fraction of sp³-hybridized carbons (Fsp3) is 0.105. The van der Waals surface area contributed by atoms with Crippen molar-refractivity contribution in [2.45, 2.75) is 12.5 Å². The summed E-state index contributed by atoms with van der Waals surface area (Å²) < 4.78 is 5.21. The molecule has 1 aromatic heterocycles. The zero-order chi connectivity index (χ0) is 17.6. The van der Waals surface area contributed by atoms with Gasteiger partial charge in [0.15, 0.2) is 5.76 Å². The van der Waals surface area contributed by atoms with Crippen molar-refractivity contribution >= 4 is 28.3 Å². The van der Waals surface area contributed by atoms with Gasteiger partial charge in [0.1, 0.15) is 6.04 Å². The minimum atomic E-state index is -0.804. The van der Waals surface area contributed by atoms with Crippen LogP contribution in [0.3, 0.4) is 0 Å². The number of carbonyl (C=O) groups is 2. The maximum atomic E-state index is 13.0. The largest absolute Gasteiger partial charge is 0.417 e. The van der Waals surface area contributed by atoms with Crippen molar-refractivity contribution in [3.8, 4) is 0 Å². The highest BCUT2D eigenvalue weighted by atomic mass is 16.4. The fourth-order valence-electron chi connectivity index (χ4n) is 3.22. The summed E-state index contributed by atoms with van der Waals surface area (Å²) >= 11 is 0. The number of fused-ring (bicyclic) bond motifs is 2. The highest BCUT2D eigenvalue weighted by Crippen LogP contribution is 2.33. The number of primary amides is 1. The van der Waals surface area contributed by atoms with E-state index >= 15 is 0 Å². The number of nitrogens with two attached hydrogens (primary N) is 1. The number of carbonyl (C=O) groups excluding carboxylic acids is 2. The van der Waals surface area contributed by atoms with Crippen molar-refractivity contribution in [3.05, 3.63) is 76.3 Å². The molecule has 3 aromatic rings. The van der Waals surface area contributed by atoms with Crippen LogP contribution in [0.4, 0.5) is 5.69 Å². The summed E-state index contributed by atoms with van der Waals surface area (Å²) in [6.45, 7) is 0. The van der Waals surface area contributed by atoms with Gasteiger partial charge in [0, 0.05) is 12.1 Å². The predicted octanol–water partition coefficient (Wildman–Crippen LogP) is 1.85. The number of hydrogen-bond donors (Lipinski definition) is 1. The van der Waals surface area contributed by atoms with Crippen LogP contribution in [0.5, 0.6) is 0 Å². The van der Waals surface area contributed by atoms with Crippen LogP contribution in [0.15, 0.2) is 63.8 Å². The lowest BCUT2D eigenvalue weighted by Gasteiger charge is -2.22. The van der Waals surface area contributed by atoms with Crippen LogP contribution in [0.1, 0.15) is 16.1 Å². The highest BCUT2D eigenvalue weighted by Gasteiger charge is 2.38. The Morgan fingerprint density at radius 2 is 1.80 bits per heavy atom. The Labute approximate surface area is 142 Å². The molecule has 2 heterocycles. The SMILES string of the molecule is NC(=O)[C@@H]1Cc2ccccc2N1C(=O)c1cc2ccccc2c(=O)o1. The first kappa shape index (κ1) is 15.1. The van der Waals surface area contributed by atoms with Crippen LogP contribution >= 0.6 is 0 Å². The van der Waals surface area contributed by atoms with Crippen molar-refractivity contribution in [3.63, 3.8) is 0 Å². The van der Waals surface area contributed by atoms with E-state index in [0.29, 0.717) is 22.9 Å². The van der Waals surface area contributed by atoms with E-state index in [-0.39, 0.29) is 5.76 Å². The first-order valence-corrected chi connectivity index (χ1v) is 7.80. The third kappa shape index (κ3) is 2.39. The molecule has 0 bridgehead atoms. The molecule has 0 aliphatic carbocycles.